The Labute approximate surface area is 118 Å². The van der Waals surface area contributed by atoms with Crippen molar-refractivity contribution in [1.82, 2.24) is 0 Å². The van der Waals surface area contributed by atoms with E-state index in [0.717, 1.165) is 0 Å². The lowest BCUT2D eigenvalue weighted by Gasteiger charge is -2.50. The highest BCUT2D eigenvalue weighted by Gasteiger charge is 2.43. The van der Waals surface area contributed by atoms with Crippen molar-refractivity contribution < 1.29 is 0 Å². The Kier molecular flexibility index (Phi) is 3.94. The second-order valence-electron chi connectivity index (χ2n) is 7.12. The van der Waals surface area contributed by atoms with Crippen LogP contribution in [-0.2, 0) is 0 Å². The van der Waals surface area contributed by atoms with E-state index < -0.39 is 0 Å². The summed E-state index contributed by atoms with van der Waals surface area (Å²) >= 11 is 0. The van der Waals surface area contributed by atoms with E-state index in [2.05, 4.69) is 71.1 Å². The molecule has 1 heteroatoms. The molecular formula is C18H29N. The molecule has 1 nitrogen and oxygen atoms in total. The molecule has 0 spiro atoms. The number of fused-ring (bicyclic) bond motifs is 1. The highest BCUT2D eigenvalue weighted by atomic mass is 15.0. The first-order valence-electron chi connectivity index (χ1n) is 7.75. The third-order valence-electron chi connectivity index (χ3n) is 5.15. The smallest absolute Gasteiger partial charge is 0.0425 e. The van der Waals surface area contributed by atoms with Crippen LogP contribution in [-0.4, -0.2) is 5.54 Å². The molecule has 2 rings (SSSR count). The standard InChI is InChI=1S/C18H29N/c1-12(2)16-11-18(13(3)4,14(5)6)19-17-10-8-7-9-15(16)17/h7-10,12-14,16,19H,11H2,1-6H3. The van der Waals surface area contributed by atoms with Gasteiger partial charge in [-0.05, 0) is 41.7 Å². The van der Waals surface area contributed by atoms with Gasteiger partial charge in [0.25, 0.3) is 0 Å². The number of nitrogens with one attached hydrogen (secondary N) is 1. The number of hydrogen-bond acceptors (Lipinski definition) is 1. The molecule has 1 unspecified atom stereocenters. The fraction of sp³-hybridized carbons (Fsp3) is 0.667. The van der Waals surface area contributed by atoms with Crippen molar-refractivity contribution in [3.8, 4) is 0 Å². The van der Waals surface area contributed by atoms with Gasteiger partial charge in [0.1, 0.15) is 0 Å². The van der Waals surface area contributed by atoms with Crippen LogP contribution in [0.1, 0.15) is 59.4 Å². The van der Waals surface area contributed by atoms with Crippen LogP contribution >= 0.6 is 0 Å². The normalized spacial score (nSPS) is 21.6. The van der Waals surface area contributed by atoms with Crippen LogP contribution in [0.25, 0.3) is 0 Å². The largest absolute Gasteiger partial charge is 0.379 e. The van der Waals surface area contributed by atoms with E-state index in [1.165, 1.54) is 17.7 Å². The Morgan fingerprint density at radius 2 is 1.58 bits per heavy atom. The predicted molar refractivity (Wildman–Crippen MR) is 84.7 cm³/mol. The first kappa shape index (κ1) is 14.4. The molecule has 1 atom stereocenters. The number of anilines is 1. The highest BCUT2D eigenvalue weighted by molar-refractivity contribution is 5.57. The number of rotatable bonds is 3. The van der Waals surface area contributed by atoms with E-state index in [1.54, 1.807) is 0 Å². The van der Waals surface area contributed by atoms with E-state index in [9.17, 15) is 0 Å². The Balaban J connectivity index is 2.50. The Morgan fingerprint density at radius 1 is 1.00 bits per heavy atom. The molecule has 0 saturated heterocycles. The lowest BCUT2D eigenvalue weighted by molar-refractivity contribution is 0.197. The van der Waals surface area contributed by atoms with E-state index >= 15 is 0 Å². The van der Waals surface area contributed by atoms with Gasteiger partial charge < -0.3 is 5.32 Å². The van der Waals surface area contributed by atoms with Gasteiger partial charge in [-0.15, -0.1) is 0 Å². The van der Waals surface area contributed by atoms with Crippen LogP contribution in [0.2, 0.25) is 0 Å². The van der Waals surface area contributed by atoms with Gasteiger partial charge in [0.05, 0.1) is 0 Å². The summed E-state index contributed by atoms with van der Waals surface area (Å²) in [5.74, 6) is 2.64. The summed E-state index contributed by atoms with van der Waals surface area (Å²) in [4.78, 5) is 0. The van der Waals surface area contributed by atoms with Crippen molar-refractivity contribution in [1.29, 1.82) is 0 Å². The minimum Gasteiger partial charge on any atom is -0.379 e. The first-order valence-corrected chi connectivity index (χ1v) is 7.75. The van der Waals surface area contributed by atoms with Crippen molar-refractivity contribution in [2.24, 2.45) is 17.8 Å². The molecule has 1 aliphatic heterocycles. The fourth-order valence-corrected chi connectivity index (χ4v) is 3.73. The van der Waals surface area contributed by atoms with Crippen LogP contribution < -0.4 is 5.32 Å². The molecule has 1 N–H and O–H groups in total. The van der Waals surface area contributed by atoms with E-state index in [0.29, 0.717) is 23.7 Å². The lowest BCUT2D eigenvalue weighted by Crippen LogP contribution is -2.52. The molecule has 0 amide bonds. The summed E-state index contributed by atoms with van der Waals surface area (Å²) in [6, 6.07) is 8.88. The topological polar surface area (TPSA) is 12.0 Å². The molecule has 0 aromatic heterocycles. The van der Waals surface area contributed by atoms with Gasteiger partial charge in [-0.25, -0.2) is 0 Å². The Morgan fingerprint density at radius 3 is 2.11 bits per heavy atom. The molecule has 1 aliphatic rings. The van der Waals surface area contributed by atoms with Crippen molar-refractivity contribution >= 4 is 5.69 Å². The molecule has 0 bridgehead atoms. The summed E-state index contributed by atoms with van der Waals surface area (Å²) in [5.41, 5.74) is 3.09. The van der Waals surface area contributed by atoms with Crippen molar-refractivity contribution in [2.45, 2.75) is 59.4 Å². The first-order chi connectivity index (χ1) is 8.88. The van der Waals surface area contributed by atoms with Crippen molar-refractivity contribution in [2.75, 3.05) is 5.32 Å². The highest BCUT2D eigenvalue weighted by Crippen LogP contribution is 2.48. The third-order valence-corrected chi connectivity index (χ3v) is 5.15. The second-order valence-corrected chi connectivity index (χ2v) is 7.12. The molecule has 1 aromatic rings. The van der Waals surface area contributed by atoms with Gasteiger partial charge in [0.2, 0.25) is 0 Å². The molecular weight excluding hydrogens is 230 g/mol. The van der Waals surface area contributed by atoms with Crippen LogP contribution in [0.15, 0.2) is 24.3 Å². The maximum atomic E-state index is 3.89. The van der Waals surface area contributed by atoms with Gasteiger partial charge in [-0.3, -0.25) is 0 Å². The van der Waals surface area contributed by atoms with Gasteiger partial charge in [-0.2, -0.15) is 0 Å². The molecule has 0 saturated carbocycles. The summed E-state index contributed by atoms with van der Waals surface area (Å²) in [5, 5.41) is 3.89. The van der Waals surface area contributed by atoms with E-state index in [1.807, 2.05) is 0 Å². The Hall–Kier alpha value is -0.980. The summed E-state index contributed by atoms with van der Waals surface area (Å²) in [6.45, 7) is 14.2. The summed E-state index contributed by atoms with van der Waals surface area (Å²) < 4.78 is 0. The zero-order valence-corrected chi connectivity index (χ0v) is 13.3. The fourth-order valence-electron chi connectivity index (χ4n) is 3.73. The lowest BCUT2D eigenvalue weighted by atomic mass is 9.65. The van der Waals surface area contributed by atoms with Gasteiger partial charge in [0.15, 0.2) is 0 Å². The number of hydrogen-bond donors (Lipinski definition) is 1. The third kappa shape index (κ3) is 2.40. The van der Waals surface area contributed by atoms with Crippen LogP contribution in [0.3, 0.4) is 0 Å². The zero-order chi connectivity index (χ0) is 14.2. The number of para-hydroxylation sites is 1. The monoisotopic (exact) mass is 259 g/mol. The maximum Gasteiger partial charge on any atom is 0.0425 e. The van der Waals surface area contributed by atoms with Crippen LogP contribution in [0, 0.1) is 17.8 Å². The molecule has 0 aliphatic carbocycles. The molecule has 0 radical (unpaired) electrons. The van der Waals surface area contributed by atoms with Crippen molar-refractivity contribution in [3.63, 3.8) is 0 Å². The van der Waals surface area contributed by atoms with E-state index in [-0.39, 0.29) is 5.54 Å². The van der Waals surface area contributed by atoms with Gasteiger partial charge in [-0.1, -0.05) is 59.7 Å². The molecule has 106 valence electrons. The summed E-state index contributed by atoms with van der Waals surface area (Å²) in [7, 11) is 0. The van der Waals surface area contributed by atoms with Crippen LogP contribution in [0.5, 0.6) is 0 Å². The minimum absolute atomic E-state index is 0.225. The minimum atomic E-state index is 0.225. The quantitative estimate of drug-likeness (QED) is 0.777. The predicted octanol–water partition coefficient (Wildman–Crippen LogP) is 5.29. The number of benzene rings is 1. The maximum absolute atomic E-state index is 3.89. The molecule has 0 fully saturated rings. The SMILES string of the molecule is CC(C)C1CC(C(C)C)(C(C)C)Nc2ccccc21. The Bertz CT molecular complexity index is 423. The second kappa shape index (κ2) is 5.19. The van der Waals surface area contributed by atoms with Gasteiger partial charge in [0, 0.05) is 11.2 Å². The average Bonchev–Trinajstić information content (AvgIpc) is 2.36. The molecule has 1 heterocycles. The van der Waals surface area contributed by atoms with Gasteiger partial charge >= 0.3 is 0 Å². The van der Waals surface area contributed by atoms with Crippen molar-refractivity contribution in [3.05, 3.63) is 29.8 Å². The van der Waals surface area contributed by atoms with E-state index in [4.69, 9.17) is 0 Å². The molecule has 1 aromatic carbocycles. The van der Waals surface area contributed by atoms with Crippen LogP contribution in [0.4, 0.5) is 5.69 Å². The average molecular weight is 259 g/mol. The zero-order valence-electron chi connectivity index (χ0n) is 13.3. The molecule has 19 heavy (non-hydrogen) atoms. The summed E-state index contributed by atoms with van der Waals surface area (Å²) in [6.07, 6.45) is 1.25.